The fourth-order valence-electron chi connectivity index (χ4n) is 3.47. The Balaban J connectivity index is 0.00000176. The molecule has 1 saturated carbocycles. The first kappa shape index (κ1) is 17.0. The van der Waals surface area contributed by atoms with E-state index in [1.807, 2.05) is 18.2 Å². The molecule has 0 bridgehead atoms. The lowest BCUT2D eigenvalue weighted by Gasteiger charge is -2.17. The highest BCUT2D eigenvalue weighted by molar-refractivity contribution is 6.00. The van der Waals surface area contributed by atoms with Crippen molar-refractivity contribution >= 4 is 29.8 Å². The highest BCUT2D eigenvalue weighted by atomic mass is 35.5. The fraction of sp³-hybridized carbons (Fsp3) is 0.529. The van der Waals surface area contributed by atoms with Crippen LogP contribution in [-0.4, -0.2) is 17.7 Å². The number of rotatable bonds is 3. The molecule has 3 N–H and O–H groups in total. The molecule has 0 unspecified atom stereocenters. The summed E-state index contributed by atoms with van der Waals surface area (Å²) in [7, 11) is 0. The standard InChI is InChI=1S/C17H22N2O2.ClH/c18-15-5-1-4-12(15)9-17(21)19-13-8-7-11-3-2-6-16(20)14(11)10-13;/h7-8,10,12,15H,1-6,9,18H2,(H,19,21);1H/t12-,15+;/m0./s1. The average molecular weight is 323 g/mol. The van der Waals surface area contributed by atoms with Crippen LogP contribution < -0.4 is 11.1 Å². The number of halogens is 1. The van der Waals surface area contributed by atoms with Gasteiger partial charge in [-0.3, -0.25) is 9.59 Å². The van der Waals surface area contributed by atoms with Crippen molar-refractivity contribution in [1.82, 2.24) is 0 Å². The first-order valence-electron chi connectivity index (χ1n) is 7.85. The normalized spacial score (nSPS) is 23.6. The predicted molar refractivity (Wildman–Crippen MR) is 89.5 cm³/mol. The number of nitrogens with two attached hydrogens (primary N) is 1. The topological polar surface area (TPSA) is 72.2 Å². The van der Waals surface area contributed by atoms with Crippen molar-refractivity contribution in [3.05, 3.63) is 29.3 Å². The molecule has 3 rings (SSSR count). The summed E-state index contributed by atoms with van der Waals surface area (Å²) in [6, 6.07) is 5.83. The number of hydrogen-bond acceptors (Lipinski definition) is 3. The van der Waals surface area contributed by atoms with Gasteiger partial charge in [0.15, 0.2) is 5.78 Å². The Morgan fingerprint density at radius 3 is 2.77 bits per heavy atom. The smallest absolute Gasteiger partial charge is 0.224 e. The average Bonchev–Trinajstić information content (AvgIpc) is 2.85. The van der Waals surface area contributed by atoms with E-state index in [9.17, 15) is 9.59 Å². The van der Waals surface area contributed by atoms with Crippen LogP contribution in [0.15, 0.2) is 18.2 Å². The van der Waals surface area contributed by atoms with Crippen LogP contribution in [-0.2, 0) is 11.2 Å². The molecule has 22 heavy (non-hydrogen) atoms. The zero-order valence-electron chi connectivity index (χ0n) is 12.6. The second-order valence-corrected chi connectivity index (χ2v) is 6.26. The number of benzene rings is 1. The zero-order valence-corrected chi connectivity index (χ0v) is 13.5. The minimum atomic E-state index is 0. The summed E-state index contributed by atoms with van der Waals surface area (Å²) in [6.45, 7) is 0. The molecule has 0 radical (unpaired) electrons. The molecule has 120 valence electrons. The van der Waals surface area contributed by atoms with Crippen molar-refractivity contribution in [3.63, 3.8) is 0 Å². The summed E-state index contributed by atoms with van der Waals surface area (Å²) in [5, 5.41) is 2.91. The molecular weight excluding hydrogens is 300 g/mol. The van der Waals surface area contributed by atoms with Crippen LogP contribution in [0.1, 0.15) is 54.4 Å². The van der Waals surface area contributed by atoms with Gasteiger partial charge < -0.3 is 11.1 Å². The molecule has 0 aromatic heterocycles. The lowest BCUT2D eigenvalue weighted by Crippen LogP contribution is -2.28. The van der Waals surface area contributed by atoms with Crippen molar-refractivity contribution in [2.45, 2.75) is 51.0 Å². The van der Waals surface area contributed by atoms with Gasteiger partial charge in [-0.1, -0.05) is 12.5 Å². The molecular formula is C17H23ClN2O2. The number of Topliss-reactive ketones (excluding diaryl/α,β-unsaturated/α-hetero) is 1. The number of nitrogens with one attached hydrogen (secondary N) is 1. The van der Waals surface area contributed by atoms with Gasteiger partial charge >= 0.3 is 0 Å². The zero-order chi connectivity index (χ0) is 14.8. The third-order valence-electron chi connectivity index (χ3n) is 4.71. The number of hydrogen-bond donors (Lipinski definition) is 2. The molecule has 0 spiro atoms. The molecule has 2 aliphatic rings. The van der Waals surface area contributed by atoms with E-state index >= 15 is 0 Å². The SMILES string of the molecule is Cl.N[C@@H]1CCC[C@H]1CC(=O)Nc1ccc2c(c1)C(=O)CCC2. The first-order chi connectivity index (χ1) is 10.1. The Morgan fingerprint density at radius 2 is 2.05 bits per heavy atom. The van der Waals surface area contributed by atoms with Gasteiger partial charge in [-0.25, -0.2) is 0 Å². The van der Waals surface area contributed by atoms with E-state index in [1.54, 1.807) is 0 Å². The Labute approximate surface area is 137 Å². The van der Waals surface area contributed by atoms with Crippen molar-refractivity contribution in [3.8, 4) is 0 Å². The molecule has 0 aliphatic heterocycles. The molecule has 0 saturated heterocycles. The monoisotopic (exact) mass is 322 g/mol. The van der Waals surface area contributed by atoms with Crippen molar-refractivity contribution in [2.24, 2.45) is 11.7 Å². The second kappa shape index (κ2) is 7.25. The van der Waals surface area contributed by atoms with Gasteiger partial charge in [-0.15, -0.1) is 12.4 Å². The van der Waals surface area contributed by atoms with Gasteiger partial charge in [0.2, 0.25) is 5.91 Å². The van der Waals surface area contributed by atoms with E-state index < -0.39 is 0 Å². The Hall–Kier alpha value is -1.39. The van der Waals surface area contributed by atoms with E-state index in [1.165, 1.54) is 0 Å². The number of aryl methyl sites for hydroxylation is 1. The summed E-state index contributed by atoms with van der Waals surface area (Å²) in [5.74, 6) is 0.481. The van der Waals surface area contributed by atoms with Crippen LogP contribution in [0.25, 0.3) is 0 Å². The van der Waals surface area contributed by atoms with E-state index in [0.29, 0.717) is 18.8 Å². The Kier molecular flexibility index (Phi) is 5.59. The number of ketones is 1. The minimum absolute atomic E-state index is 0. The third kappa shape index (κ3) is 3.68. The molecule has 5 heteroatoms. The van der Waals surface area contributed by atoms with Gasteiger partial charge in [0, 0.05) is 30.1 Å². The Bertz CT molecular complexity index is 574. The van der Waals surface area contributed by atoms with Crippen LogP contribution in [0.2, 0.25) is 0 Å². The van der Waals surface area contributed by atoms with Crippen molar-refractivity contribution in [2.75, 3.05) is 5.32 Å². The van der Waals surface area contributed by atoms with E-state index in [4.69, 9.17) is 5.73 Å². The maximum atomic E-state index is 12.1. The van der Waals surface area contributed by atoms with Gasteiger partial charge in [-0.2, -0.15) is 0 Å². The molecule has 2 atom stereocenters. The fourth-order valence-corrected chi connectivity index (χ4v) is 3.47. The molecule has 1 fully saturated rings. The summed E-state index contributed by atoms with van der Waals surface area (Å²) >= 11 is 0. The lowest BCUT2D eigenvalue weighted by molar-refractivity contribution is -0.117. The predicted octanol–water partition coefficient (Wildman–Crippen LogP) is 3.08. The number of carbonyl (C=O) groups is 2. The quantitative estimate of drug-likeness (QED) is 0.898. The van der Waals surface area contributed by atoms with Crippen LogP contribution in [0.3, 0.4) is 0 Å². The number of anilines is 1. The van der Waals surface area contributed by atoms with Crippen LogP contribution in [0.5, 0.6) is 0 Å². The highest BCUT2D eigenvalue weighted by Crippen LogP contribution is 2.28. The van der Waals surface area contributed by atoms with Gasteiger partial charge in [0.1, 0.15) is 0 Å². The largest absolute Gasteiger partial charge is 0.327 e. The molecule has 0 heterocycles. The Morgan fingerprint density at radius 1 is 1.23 bits per heavy atom. The number of carbonyl (C=O) groups excluding carboxylic acids is 2. The summed E-state index contributed by atoms with van der Waals surface area (Å²) < 4.78 is 0. The van der Waals surface area contributed by atoms with Crippen molar-refractivity contribution < 1.29 is 9.59 Å². The third-order valence-corrected chi connectivity index (χ3v) is 4.71. The number of amides is 1. The molecule has 2 aliphatic carbocycles. The second-order valence-electron chi connectivity index (χ2n) is 6.26. The summed E-state index contributed by atoms with van der Waals surface area (Å²) in [4.78, 5) is 24.0. The van der Waals surface area contributed by atoms with E-state index in [-0.39, 0.29) is 30.1 Å². The minimum Gasteiger partial charge on any atom is -0.327 e. The molecule has 4 nitrogen and oxygen atoms in total. The summed E-state index contributed by atoms with van der Waals surface area (Å²) in [5.41, 5.74) is 8.60. The summed E-state index contributed by atoms with van der Waals surface area (Å²) in [6.07, 6.45) is 6.14. The number of fused-ring (bicyclic) bond motifs is 1. The van der Waals surface area contributed by atoms with Gasteiger partial charge in [0.25, 0.3) is 0 Å². The first-order valence-corrected chi connectivity index (χ1v) is 7.85. The highest BCUT2D eigenvalue weighted by Gasteiger charge is 2.26. The van der Waals surface area contributed by atoms with Crippen LogP contribution in [0, 0.1) is 5.92 Å². The molecule has 1 amide bonds. The van der Waals surface area contributed by atoms with Crippen LogP contribution in [0.4, 0.5) is 5.69 Å². The van der Waals surface area contributed by atoms with E-state index in [2.05, 4.69) is 5.32 Å². The van der Waals surface area contributed by atoms with Crippen molar-refractivity contribution in [1.29, 1.82) is 0 Å². The van der Waals surface area contributed by atoms with Gasteiger partial charge in [0.05, 0.1) is 0 Å². The maximum Gasteiger partial charge on any atom is 0.224 e. The van der Waals surface area contributed by atoms with Crippen LogP contribution >= 0.6 is 12.4 Å². The molecule has 1 aromatic carbocycles. The maximum absolute atomic E-state index is 12.1. The lowest BCUT2D eigenvalue weighted by atomic mass is 9.90. The van der Waals surface area contributed by atoms with Gasteiger partial charge in [-0.05, 0) is 49.3 Å². The molecule has 1 aromatic rings. The van der Waals surface area contributed by atoms with E-state index in [0.717, 1.165) is 48.9 Å².